The average molecular weight is 273 g/mol. The van der Waals surface area contributed by atoms with Gasteiger partial charge < -0.3 is 5.32 Å². The molecule has 5 heteroatoms. The molecule has 20 heavy (non-hydrogen) atoms. The zero-order valence-corrected chi connectivity index (χ0v) is 11.8. The van der Waals surface area contributed by atoms with Crippen molar-refractivity contribution in [2.45, 2.75) is 39.5 Å². The van der Waals surface area contributed by atoms with Crippen LogP contribution in [0.15, 0.2) is 23.3 Å². The van der Waals surface area contributed by atoms with Gasteiger partial charge in [0.25, 0.3) is 5.91 Å². The van der Waals surface area contributed by atoms with E-state index in [2.05, 4.69) is 29.7 Å². The van der Waals surface area contributed by atoms with E-state index in [1.807, 2.05) is 18.2 Å². The van der Waals surface area contributed by atoms with E-state index < -0.39 is 0 Å². The third kappa shape index (κ3) is 3.04. The number of nitrogens with one attached hydrogen (secondary N) is 2. The van der Waals surface area contributed by atoms with Crippen LogP contribution in [0.25, 0.3) is 0 Å². The maximum atomic E-state index is 12.2. The third-order valence-corrected chi connectivity index (χ3v) is 3.40. The SMILES string of the molecule is CCc1cccc(CC)c1NC(=O)C1=NNC(=O)CC1. The van der Waals surface area contributed by atoms with Gasteiger partial charge in [0.05, 0.1) is 0 Å². The Hall–Kier alpha value is -2.17. The number of hydrazone groups is 1. The van der Waals surface area contributed by atoms with Gasteiger partial charge in [0.15, 0.2) is 0 Å². The van der Waals surface area contributed by atoms with Crippen molar-refractivity contribution >= 4 is 23.2 Å². The van der Waals surface area contributed by atoms with Crippen molar-refractivity contribution < 1.29 is 9.59 Å². The molecule has 1 aromatic carbocycles. The molecule has 2 rings (SSSR count). The Kier molecular flexibility index (Phi) is 4.50. The molecule has 0 aliphatic carbocycles. The monoisotopic (exact) mass is 273 g/mol. The third-order valence-electron chi connectivity index (χ3n) is 3.40. The van der Waals surface area contributed by atoms with Gasteiger partial charge in [0.2, 0.25) is 5.91 Å². The lowest BCUT2D eigenvalue weighted by Crippen LogP contribution is -2.33. The van der Waals surface area contributed by atoms with Crippen molar-refractivity contribution in [3.63, 3.8) is 0 Å². The molecule has 2 amide bonds. The Balaban J connectivity index is 2.21. The van der Waals surface area contributed by atoms with E-state index >= 15 is 0 Å². The fourth-order valence-electron chi connectivity index (χ4n) is 2.23. The van der Waals surface area contributed by atoms with Crippen LogP contribution in [0, 0.1) is 0 Å². The highest BCUT2D eigenvalue weighted by Gasteiger charge is 2.19. The summed E-state index contributed by atoms with van der Waals surface area (Å²) in [6.07, 6.45) is 2.40. The zero-order valence-electron chi connectivity index (χ0n) is 11.8. The quantitative estimate of drug-likeness (QED) is 0.881. The van der Waals surface area contributed by atoms with Crippen LogP contribution >= 0.6 is 0 Å². The molecule has 0 atom stereocenters. The number of amides is 2. The van der Waals surface area contributed by atoms with Crippen molar-refractivity contribution in [3.05, 3.63) is 29.3 Å². The highest BCUT2D eigenvalue weighted by atomic mass is 16.2. The summed E-state index contributed by atoms with van der Waals surface area (Å²) in [5.74, 6) is -0.384. The highest BCUT2D eigenvalue weighted by Crippen LogP contribution is 2.22. The van der Waals surface area contributed by atoms with Gasteiger partial charge in [-0.3, -0.25) is 9.59 Å². The molecule has 0 bridgehead atoms. The first-order valence-electron chi connectivity index (χ1n) is 6.93. The first-order valence-corrected chi connectivity index (χ1v) is 6.93. The van der Waals surface area contributed by atoms with Crippen LogP contribution in [0.4, 0.5) is 5.69 Å². The number of anilines is 1. The summed E-state index contributed by atoms with van der Waals surface area (Å²) in [7, 11) is 0. The second-order valence-corrected chi connectivity index (χ2v) is 4.71. The Morgan fingerprint density at radius 2 is 1.90 bits per heavy atom. The Morgan fingerprint density at radius 3 is 2.40 bits per heavy atom. The van der Waals surface area contributed by atoms with Gasteiger partial charge in [-0.2, -0.15) is 5.10 Å². The van der Waals surface area contributed by atoms with E-state index in [0.717, 1.165) is 29.7 Å². The van der Waals surface area contributed by atoms with Gasteiger partial charge >= 0.3 is 0 Å². The van der Waals surface area contributed by atoms with E-state index in [-0.39, 0.29) is 11.8 Å². The van der Waals surface area contributed by atoms with Crippen LogP contribution in [0.5, 0.6) is 0 Å². The first kappa shape index (κ1) is 14.2. The number of benzene rings is 1. The Morgan fingerprint density at radius 1 is 1.25 bits per heavy atom. The van der Waals surface area contributed by atoms with E-state index in [0.29, 0.717) is 18.6 Å². The molecule has 0 radical (unpaired) electrons. The fraction of sp³-hybridized carbons (Fsp3) is 0.400. The van der Waals surface area contributed by atoms with E-state index in [9.17, 15) is 9.59 Å². The second-order valence-electron chi connectivity index (χ2n) is 4.71. The number of nitrogens with zero attached hydrogens (tertiary/aromatic N) is 1. The molecule has 106 valence electrons. The zero-order chi connectivity index (χ0) is 14.5. The number of aryl methyl sites for hydroxylation is 2. The Bertz CT molecular complexity index is 542. The summed E-state index contributed by atoms with van der Waals surface area (Å²) < 4.78 is 0. The minimum Gasteiger partial charge on any atom is -0.320 e. The lowest BCUT2D eigenvalue weighted by molar-refractivity contribution is -0.121. The van der Waals surface area contributed by atoms with Crippen LogP contribution in [0.3, 0.4) is 0 Å². The molecule has 0 aromatic heterocycles. The fourth-order valence-corrected chi connectivity index (χ4v) is 2.23. The summed E-state index contributed by atoms with van der Waals surface area (Å²) >= 11 is 0. The molecule has 1 heterocycles. The van der Waals surface area contributed by atoms with Gasteiger partial charge in [-0.25, -0.2) is 5.43 Å². The van der Waals surface area contributed by atoms with Crippen LogP contribution in [-0.2, 0) is 22.4 Å². The predicted octanol–water partition coefficient (Wildman–Crippen LogP) is 2.02. The summed E-state index contributed by atoms with van der Waals surface area (Å²) in [5, 5.41) is 6.77. The molecule has 0 saturated carbocycles. The van der Waals surface area contributed by atoms with Crippen molar-refractivity contribution in [3.8, 4) is 0 Å². The number of carbonyl (C=O) groups is 2. The summed E-state index contributed by atoms with van der Waals surface area (Å²) in [4.78, 5) is 23.3. The van der Waals surface area contributed by atoms with Crippen molar-refractivity contribution in [1.29, 1.82) is 0 Å². The molecule has 0 spiro atoms. The summed E-state index contributed by atoms with van der Waals surface area (Å²) in [5.41, 5.74) is 5.81. The van der Waals surface area contributed by atoms with Crippen LogP contribution in [0.2, 0.25) is 0 Å². The van der Waals surface area contributed by atoms with E-state index in [1.54, 1.807) is 0 Å². The standard InChI is InChI=1S/C15H19N3O2/c1-3-10-6-5-7-11(4-2)14(10)16-15(20)12-8-9-13(19)18-17-12/h5-7H,3-4,8-9H2,1-2H3,(H,16,20)(H,18,19). The molecule has 0 saturated heterocycles. The number of para-hydroxylation sites is 1. The van der Waals surface area contributed by atoms with Crippen LogP contribution in [0.1, 0.15) is 37.8 Å². The number of rotatable bonds is 4. The maximum Gasteiger partial charge on any atom is 0.271 e. The Labute approximate surface area is 118 Å². The topological polar surface area (TPSA) is 70.6 Å². The van der Waals surface area contributed by atoms with E-state index in [1.165, 1.54) is 0 Å². The average Bonchev–Trinajstić information content (AvgIpc) is 2.48. The van der Waals surface area contributed by atoms with Gasteiger partial charge in [-0.05, 0) is 24.0 Å². The van der Waals surface area contributed by atoms with E-state index in [4.69, 9.17) is 0 Å². The van der Waals surface area contributed by atoms with Crippen molar-refractivity contribution in [2.75, 3.05) is 5.32 Å². The minimum absolute atomic E-state index is 0.148. The van der Waals surface area contributed by atoms with Crippen LogP contribution < -0.4 is 10.7 Å². The largest absolute Gasteiger partial charge is 0.320 e. The summed E-state index contributed by atoms with van der Waals surface area (Å²) in [6.45, 7) is 4.12. The number of carbonyl (C=O) groups excluding carboxylic acids is 2. The van der Waals surface area contributed by atoms with Crippen molar-refractivity contribution in [1.82, 2.24) is 5.43 Å². The van der Waals surface area contributed by atoms with Gasteiger partial charge in [0, 0.05) is 18.5 Å². The molecule has 2 N–H and O–H groups in total. The predicted molar refractivity (Wildman–Crippen MR) is 78.6 cm³/mol. The lowest BCUT2D eigenvalue weighted by Gasteiger charge is -2.16. The normalized spacial score (nSPS) is 14.5. The van der Waals surface area contributed by atoms with Gasteiger partial charge in [0.1, 0.15) is 5.71 Å². The molecule has 1 aromatic rings. The second kappa shape index (κ2) is 6.32. The van der Waals surface area contributed by atoms with Crippen LogP contribution in [-0.4, -0.2) is 17.5 Å². The number of hydrogen-bond acceptors (Lipinski definition) is 3. The maximum absolute atomic E-state index is 12.2. The molecule has 5 nitrogen and oxygen atoms in total. The summed E-state index contributed by atoms with van der Waals surface area (Å²) in [6, 6.07) is 6.03. The van der Waals surface area contributed by atoms with Gasteiger partial charge in [-0.1, -0.05) is 32.0 Å². The first-order chi connectivity index (χ1) is 9.65. The minimum atomic E-state index is -0.236. The molecular weight excluding hydrogens is 254 g/mol. The molecule has 1 aliphatic heterocycles. The molecular formula is C15H19N3O2. The molecule has 1 aliphatic rings. The number of hydrogen-bond donors (Lipinski definition) is 2. The molecule has 0 fully saturated rings. The highest BCUT2D eigenvalue weighted by molar-refractivity contribution is 6.43. The smallest absolute Gasteiger partial charge is 0.271 e. The van der Waals surface area contributed by atoms with Crippen molar-refractivity contribution in [2.24, 2.45) is 5.10 Å². The van der Waals surface area contributed by atoms with Gasteiger partial charge in [-0.15, -0.1) is 0 Å². The molecule has 0 unspecified atom stereocenters. The lowest BCUT2D eigenvalue weighted by atomic mass is 10.0.